The lowest BCUT2D eigenvalue weighted by Crippen LogP contribution is -2.08. The summed E-state index contributed by atoms with van der Waals surface area (Å²) in [6.07, 6.45) is 0.172. The molecule has 1 aromatic rings. The number of ketones is 1. The Morgan fingerprint density at radius 1 is 1.53 bits per heavy atom. The highest BCUT2D eigenvalue weighted by molar-refractivity contribution is 5.97. The van der Waals surface area contributed by atoms with Crippen LogP contribution in [0.3, 0.4) is 0 Å². The van der Waals surface area contributed by atoms with Gasteiger partial charge in [0, 0.05) is 18.1 Å². The van der Waals surface area contributed by atoms with E-state index in [0.717, 1.165) is 0 Å². The van der Waals surface area contributed by atoms with Crippen molar-refractivity contribution < 1.29 is 14.5 Å². The largest absolute Gasteiger partial charge is 0.487 e. The molecule has 17 heavy (non-hydrogen) atoms. The molecule has 0 aliphatic carbocycles. The molecule has 92 valence electrons. The number of rotatable bonds is 6. The van der Waals surface area contributed by atoms with E-state index >= 15 is 0 Å². The summed E-state index contributed by atoms with van der Waals surface area (Å²) >= 11 is 0. The summed E-state index contributed by atoms with van der Waals surface area (Å²) in [5.74, 6) is -0.0413. The number of nitro groups is 1. The van der Waals surface area contributed by atoms with Crippen LogP contribution in [0.25, 0.3) is 0 Å². The maximum atomic E-state index is 11.5. The maximum absolute atomic E-state index is 11.5. The fourth-order valence-electron chi connectivity index (χ4n) is 1.39. The van der Waals surface area contributed by atoms with Crippen LogP contribution in [0.1, 0.15) is 23.7 Å². The van der Waals surface area contributed by atoms with Gasteiger partial charge in [-0.2, -0.15) is 0 Å². The Kier molecular flexibility index (Phi) is 4.59. The van der Waals surface area contributed by atoms with Gasteiger partial charge in [-0.3, -0.25) is 14.9 Å². The molecular weight excluding hydrogens is 224 g/mol. The maximum Gasteiger partial charge on any atom is 0.311 e. The van der Waals surface area contributed by atoms with Crippen molar-refractivity contribution in [2.75, 3.05) is 13.2 Å². The van der Waals surface area contributed by atoms with E-state index in [1.807, 2.05) is 0 Å². The molecule has 1 rings (SSSR count). The third-order valence-electron chi connectivity index (χ3n) is 2.15. The molecule has 0 aliphatic rings. The van der Waals surface area contributed by atoms with Crippen molar-refractivity contribution in [1.29, 1.82) is 0 Å². The van der Waals surface area contributed by atoms with E-state index in [-0.39, 0.29) is 35.7 Å². The van der Waals surface area contributed by atoms with Gasteiger partial charge in [0.15, 0.2) is 11.5 Å². The van der Waals surface area contributed by atoms with Crippen LogP contribution < -0.4 is 10.5 Å². The van der Waals surface area contributed by atoms with E-state index in [4.69, 9.17) is 10.5 Å². The number of ether oxygens (including phenoxy) is 1. The first-order valence-electron chi connectivity index (χ1n) is 5.24. The van der Waals surface area contributed by atoms with Gasteiger partial charge in [0.1, 0.15) is 0 Å². The van der Waals surface area contributed by atoms with Crippen LogP contribution in [0.15, 0.2) is 18.2 Å². The molecule has 0 saturated heterocycles. The summed E-state index contributed by atoms with van der Waals surface area (Å²) in [5, 5.41) is 10.8. The molecule has 6 heteroatoms. The molecule has 0 atom stereocenters. The van der Waals surface area contributed by atoms with Gasteiger partial charge in [0.25, 0.3) is 0 Å². The van der Waals surface area contributed by atoms with Crippen LogP contribution >= 0.6 is 0 Å². The van der Waals surface area contributed by atoms with Crippen molar-refractivity contribution in [1.82, 2.24) is 0 Å². The summed E-state index contributed by atoms with van der Waals surface area (Å²) in [7, 11) is 0. The van der Waals surface area contributed by atoms with Crippen molar-refractivity contribution >= 4 is 11.5 Å². The second kappa shape index (κ2) is 5.95. The van der Waals surface area contributed by atoms with E-state index in [9.17, 15) is 14.9 Å². The van der Waals surface area contributed by atoms with Crippen LogP contribution in [0, 0.1) is 10.1 Å². The first kappa shape index (κ1) is 13.1. The van der Waals surface area contributed by atoms with Crippen molar-refractivity contribution in [3.05, 3.63) is 33.9 Å². The Labute approximate surface area is 98.5 Å². The van der Waals surface area contributed by atoms with Gasteiger partial charge in [-0.1, -0.05) is 0 Å². The van der Waals surface area contributed by atoms with E-state index < -0.39 is 4.92 Å². The van der Waals surface area contributed by atoms with Crippen LogP contribution in [0.5, 0.6) is 5.75 Å². The van der Waals surface area contributed by atoms with Gasteiger partial charge in [-0.15, -0.1) is 0 Å². The summed E-state index contributed by atoms with van der Waals surface area (Å²) in [4.78, 5) is 21.8. The molecule has 6 nitrogen and oxygen atoms in total. The van der Waals surface area contributed by atoms with E-state index in [1.54, 1.807) is 6.92 Å². The van der Waals surface area contributed by atoms with Crippen LogP contribution in [-0.4, -0.2) is 23.9 Å². The number of nitrogens with two attached hydrogens (primary N) is 1. The smallest absolute Gasteiger partial charge is 0.311 e. The number of nitrogens with zero attached hydrogens (tertiary/aromatic N) is 1. The van der Waals surface area contributed by atoms with E-state index in [2.05, 4.69) is 0 Å². The number of nitro benzene ring substituents is 1. The average Bonchev–Trinajstić information content (AvgIpc) is 2.30. The molecule has 0 unspecified atom stereocenters. The highest BCUT2D eigenvalue weighted by Crippen LogP contribution is 2.28. The number of hydrogen-bond donors (Lipinski definition) is 1. The number of Topliss-reactive ketones (excluding diaryl/α,β-unsaturated/α-hetero) is 1. The Bertz CT molecular complexity index is 431. The highest BCUT2D eigenvalue weighted by Gasteiger charge is 2.18. The standard InChI is InChI=1S/C11H14N2O4/c1-2-17-11-4-3-8(10(14)5-6-12)7-9(11)13(15)16/h3-4,7H,2,5-6,12H2,1H3. The van der Waals surface area contributed by atoms with E-state index in [0.29, 0.717) is 6.61 Å². The fraction of sp³-hybridized carbons (Fsp3) is 0.364. The van der Waals surface area contributed by atoms with Crippen molar-refractivity contribution in [3.63, 3.8) is 0 Å². The Balaban J connectivity index is 3.09. The molecule has 0 fully saturated rings. The highest BCUT2D eigenvalue weighted by atomic mass is 16.6. The monoisotopic (exact) mass is 238 g/mol. The summed E-state index contributed by atoms with van der Waals surface area (Å²) in [5.41, 5.74) is 5.35. The first-order valence-corrected chi connectivity index (χ1v) is 5.24. The molecule has 0 amide bonds. The molecule has 0 radical (unpaired) electrons. The molecule has 2 N–H and O–H groups in total. The molecule has 0 bridgehead atoms. The minimum absolute atomic E-state index is 0.168. The predicted octanol–water partition coefficient (Wildman–Crippen LogP) is 1.52. The van der Waals surface area contributed by atoms with Gasteiger partial charge < -0.3 is 10.5 Å². The molecule has 0 spiro atoms. The molecule has 0 aliphatic heterocycles. The summed E-state index contributed by atoms with van der Waals surface area (Å²) < 4.78 is 5.12. The minimum Gasteiger partial charge on any atom is -0.487 e. The van der Waals surface area contributed by atoms with Gasteiger partial charge in [0.2, 0.25) is 0 Å². The zero-order chi connectivity index (χ0) is 12.8. The lowest BCUT2D eigenvalue weighted by molar-refractivity contribution is -0.385. The Hall–Kier alpha value is -1.95. The van der Waals surface area contributed by atoms with Crippen LogP contribution in [0.4, 0.5) is 5.69 Å². The quantitative estimate of drug-likeness (QED) is 0.460. The zero-order valence-corrected chi connectivity index (χ0v) is 9.51. The molecule has 1 aromatic carbocycles. The first-order chi connectivity index (χ1) is 8.10. The van der Waals surface area contributed by atoms with Gasteiger partial charge in [-0.05, 0) is 25.6 Å². The van der Waals surface area contributed by atoms with Crippen molar-refractivity contribution in [2.45, 2.75) is 13.3 Å². The molecule has 0 heterocycles. The number of hydrogen-bond acceptors (Lipinski definition) is 5. The van der Waals surface area contributed by atoms with Crippen molar-refractivity contribution in [2.24, 2.45) is 5.73 Å². The third-order valence-corrected chi connectivity index (χ3v) is 2.15. The van der Waals surface area contributed by atoms with Crippen molar-refractivity contribution in [3.8, 4) is 5.75 Å². The third kappa shape index (κ3) is 3.25. The SMILES string of the molecule is CCOc1ccc(C(=O)CCN)cc1[N+](=O)[O-]. The van der Waals surface area contributed by atoms with Crippen LogP contribution in [0.2, 0.25) is 0 Å². The summed E-state index contributed by atoms with van der Waals surface area (Å²) in [6.45, 7) is 2.29. The molecular formula is C11H14N2O4. The van der Waals surface area contributed by atoms with Gasteiger partial charge in [0.05, 0.1) is 11.5 Å². The summed E-state index contributed by atoms with van der Waals surface area (Å²) in [6, 6.07) is 4.17. The fourth-order valence-corrected chi connectivity index (χ4v) is 1.39. The average molecular weight is 238 g/mol. The van der Waals surface area contributed by atoms with Crippen LogP contribution in [-0.2, 0) is 0 Å². The normalized spacial score (nSPS) is 10.0. The number of carbonyl (C=O) groups excluding carboxylic acids is 1. The topological polar surface area (TPSA) is 95.5 Å². The predicted molar refractivity (Wildman–Crippen MR) is 62.3 cm³/mol. The lowest BCUT2D eigenvalue weighted by Gasteiger charge is -2.05. The Morgan fingerprint density at radius 2 is 2.24 bits per heavy atom. The van der Waals surface area contributed by atoms with Gasteiger partial charge in [-0.25, -0.2) is 0 Å². The van der Waals surface area contributed by atoms with Gasteiger partial charge >= 0.3 is 5.69 Å². The Morgan fingerprint density at radius 3 is 2.76 bits per heavy atom. The number of carbonyl (C=O) groups is 1. The lowest BCUT2D eigenvalue weighted by atomic mass is 10.1. The van der Waals surface area contributed by atoms with E-state index in [1.165, 1.54) is 18.2 Å². The second-order valence-corrected chi connectivity index (χ2v) is 3.33. The molecule has 0 saturated carbocycles. The number of benzene rings is 1. The molecule has 0 aromatic heterocycles. The second-order valence-electron chi connectivity index (χ2n) is 3.33. The minimum atomic E-state index is -0.565. The zero-order valence-electron chi connectivity index (χ0n) is 9.51.